The van der Waals surface area contributed by atoms with E-state index in [-0.39, 0.29) is 18.2 Å². The molecule has 1 atom stereocenters. The topological polar surface area (TPSA) is 98.5 Å². The molecule has 0 saturated heterocycles. The minimum Gasteiger partial charge on any atom is -0.383 e. The molecular formula is C11H14ClFN2O4S. The molecule has 112 valence electrons. The summed E-state index contributed by atoms with van der Waals surface area (Å²) in [7, 11) is -2.68. The molecule has 0 aliphatic rings. The number of hydrogen-bond acceptors (Lipinski definition) is 4. The number of methoxy groups -OCH3 is 1. The lowest BCUT2D eigenvalue weighted by molar-refractivity contribution is 0.0905. The molecule has 0 bridgehead atoms. The van der Waals surface area contributed by atoms with Crippen molar-refractivity contribution in [2.75, 3.05) is 13.7 Å². The largest absolute Gasteiger partial charge is 0.383 e. The number of hydrogen-bond donors (Lipinski definition) is 2. The van der Waals surface area contributed by atoms with Crippen molar-refractivity contribution >= 4 is 27.5 Å². The molecule has 20 heavy (non-hydrogen) atoms. The summed E-state index contributed by atoms with van der Waals surface area (Å²) in [5.74, 6) is -1.76. The molecule has 1 amide bonds. The Labute approximate surface area is 121 Å². The highest BCUT2D eigenvalue weighted by Crippen LogP contribution is 2.24. The van der Waals surface area contributed by atoms with E-state index in [1.807, 2.05) is 0 Å². The Bertz CT molecular complexity index is 621. The van der Waals surface area contributed by atoms with Gasteiger partial charge in [0.1, 0.15) is 5.82 Å². The summed E-state index contributed by atoms with van der Waals surface area (Å²) in [5, 5.41) is 6.92. The average Bonchev–Trinajstić information content (AvgIpc) is 2.31. The summed E-state index contributed by atoms with van der Waals surface area (Å²) in [4.78, 5) is 11.4. The third-order valence-corrected chi connectivity index (χ3v) is 3.65. The number of nitrogens with one attached hydrogen (secondary N) is 1. The number of rotatable bonds is 5. The maximum Gasteiger partial charge on any atom is 0.253 e. The normalized spacial score (nSPS) is 13.1. The zero-order chi connectivity index (χ0) is 15.5. The summed E-state index contributed by atoms with van der Waals surface area (Å²) in [6.07, 6.45) is 0. The summed E-state index contributed by atoms with van der Waals surface area (Å²) in [6, 6.07) is 1.23. The summed E-state index contributed by atoms with van der Waals surface area (Å²) >= 11 is 5.67. The Morgan fingerprint density at radius 1 is 1.55 bits per heavy atom. The third kappa shape index (κ3) is 4.14. The van der Waals surface area contributed by atoms with E-state index in [4.69, 9.17) is 21.5 Å². The van der Waals surface area contributed by atoms with Crippen LogP contribution in [0.5, 0.6) is 0 Å². The molecule has 1 unspecified atom stereocenters. The van der Waals surface area contributed by atoms with Crippen LogP contribution in [-0.2, 0) is 14.8 Å². The molecule has 6 nitrogen and oxygen atoms in total. The van der Waals surface area contributed by atoms with Crippen LogP contribution < -0.4 is 10.5 Å². The number of benzene rings is 1. The van der Waals surface area contributed by atoms with Crippen LogP contribution in [-0.4, -0.2) is 34.1 Å². The molecule has 0 aliphatic carbocycles. The third-order valence-electron chi connectivity index (χ3n) is 2.37. The molecule has 1 aromatic rings. The van der Waals surface area contributed by atoms with Gasteiger partial charge in [-0.3, -0.25) is 4.79 Å². The number of primary sulfonamides is 1. The van der Waals surface area contributed by atoms with Gasteiger partial charge in [0, 0.05) is 13.2 Å². The van der Waals surface area contributed by atoms with Crippen molar-refractivity contribution in [2.45, 2.75) is 17.9 Å². The van der Waals surface area contributed by atoms with Crippen LogP contribution >= 0.6 is 11.6 Å². The number of nitrogens with two attached hydrogens (primary N) is 1. The first-order chi connectivity index (χ1) is 9.16. The average molecular weight is 325 g/mol. The van der Waals surface area contributed by atoms with Gasteiger partial charge in [0.05, 0.1) is 22.1 Å². The Balaban J connectivity index is 3.17. The van der Waals surface area contributed by atoms with E-state index < -0.39 is 31.7 Å². The Morgan fingerprint density at radius 2 is 2.15 bits per heavy atom. The van der Waals surface area contributed by atoms with Gasteiger partial charge in [-0.25, -0.2) is 17.9 Å². The monoisotopic (exact) mass is 324 g/mol. The van der Waals surface area contributed by atoms with Gasteiger partial charge in [-0.05, 0) is 19.1 Å². The van der Waals surface area contributed by atoms with Gasteiger partial charge >= 0.3 is 0 Å². The van der Waals surface area contributed by atoms with Gasteiger partial charge in [-0.2, -0.15) is 0 Å². The van der Waals surface area contributed by atoms with Gasteiger partial charge < -0.3 is 10.1 Å². The zero-order valence-corrected chi connectivity index (χ0v) is 12.4. The lowest BCUT2D eigenvalue weighted by atomic mass is 10.2. The van der Waals surface area contributed by atoms with E-state index in [1.54, 1.807) is 6.92 Å². The number of halogens is 2. The molecule has 0 spiro atoms. The van der Waals surface area contributed by atoms with Crippen molar-refractivity contribution in [3.05, 3.63) is 28.5 Å². The van der Waals surface area contributed by atoms with Crippen molar-refractivity contribution in [1.29, 1.82) is 0 Å². The van der Waals surface area contributed by atoms with Crippen LogP contribution in [0.4, 0.5) is 4.39 Å². The maximum atomic E-state index is 13.6. The second-order valence-electron chi connectivity index (χ2n) is 4.14. The summed E-state index contributed by atoms with van der Waals surface area (Å²) in [5.41, 5.74) is -0.307. The SMILES string of the molecule is COCC(C)NC(=O)c1cc(S(N)(=O)=O)cc(F)c1Cl. The standard InChI is InChI=1S/C11H14ClFN2O4S/c1-6(5-19-2)15-11(16)8-3-7(20(14,17)18)4-9(13)10(8)12/h3-4,6H,5H2,1-2H3,(H,15,16)(H2,14,17,18). The fourth-order valence-corrected chi connectivity index (χ4v) is 2.23. The van der Waals surface area contributed by atoms with E-state index in [1.165, 1.54) is 7.11 Å². The molecule has 0 radical (unpaired) electrons. The van der Waals surface area contributed by atoms with Crippen LogP contribution in [0.1, 0.15) is 17.3 Å². The Hall–Kier alpha value is -1.22. The number of carbonyl (C=O) groups excluding carboxylic acids is 1. The molecule has 0 fully saturated rings. The Morgan fingerprint density at radius 3 is 2.65 bits per heavy atom. The highest BCUT2D eigenvalue weighted by molar-refractivity contribution is 7.89. The van der Waals surface area contributed by atoms with E-state index >= 15 is 0 Å². The first-order valence-corrected chi connectivity index (χ1v) is 7.41. The molecule has 0 aromatic heterocycles. The van der Waals surface area contributed by atoms with Crippen LogP contribution in [0.2, 0.25) is 5.02 Å². The predicted molar refractivity (Wildman–Crippen MR) is 71.6 cm³/mol. The predicted octanol–water partition coefficient (Wildman–Crippen LogP) is 0.891. The molecule has 9 heteroatoms. The van der Waals surface area contributed by atoms with Crippen molar-refractivity contribution < 1.29 is 22.3 Å². The van der Waals surface area contributed by atoms with E-state index in [9.17, 15) is 17.6 Å². The van der Waals surface area contributed by atoms with Gasteiger partial charge in [0.15, 0.2) is 0 Å². The minimum atomic E-state index is -4.14. The number of ether oxygens (including phenoxy) is 1. The number of sulfonamides is 1. The number of amides is 1. The van der Waals surface area contributed by atoms with E-state index in [0.29, 0.717) is 6.07 Å². The van der Waals surface area contributed by atoms with E-state index in [0.717, 1.165) is 6.07 Å². The first kappa shape index (κ1) is 16.8. The van der Waals surface area contributed by atoms with Crippen molar-refractivity contribution in [1.82, 2.24) is 5.32 Å². The first-order valence-electron chi connectivity index (χ1n) is 5.48. The molecule has 0 heterocycles. The van der Waals surface area contributed by atoms with Crippen LogP contribution in [0.25, 0.3) is 0 Å². The zero-order valence-electron chi connectivity index (χ0n) is 10.8. The van der Waals surface area contributed by atoms with Gasteiger partial charge in [0.2, 0.25) is 10.0 Å². The highest BCUT2D eigenvalue weighted by atomic mass is 35.5. The molecule has 1 aromatic carbocycles. The van der Waals surface area contributed by atoms with Gasteiger partial charge in [0.25, 0.3) is 5.91 Å². The fourth-order valence-electron chi connectivity index (χ4n) is 1.49. The number of carbonyl (C=O) groups is 1. The fraction of sp³-hybridized carbons (Fsp3) is 0.364. The lowest BCUT2D eigenvalue weighted by Crippen LogP contribution is -2.36. The second-order valence-corrected chi connectivity index (χ2v) is 6.08. The maximum absolute atomic E-state index is 13.6. The Kier molecular flexibility index (Phi) is 5.46. The lowest BCUT2D eigenvalue weighted by Gasteiger charge is -2.14. The molecular weight excluding hydrogens is 311 g/mol. The van der Waals surface area contributed by atoms with Crippen LogP contribution in [0, 0.1) is 5.82 Å². The van der Waals surface area contributed by atoms with Crippen molar-refractivity contribution in [3.63, 3.8) is 0 Å². The van der Waals surface area contributed by atoms with Crippen molar-refractivity contribution in [2.24, 2.45) is 5.14 Å². The van der Waals surface area contributed by atoms with Gasteiger partial charge in [-0.1, -0.05) is 11.6 Å². The van der Waals surface area contributed by atoms with Gasteiger partial charge in [-0.15, -0.1) is 0 Å². The smallest absolute Gasteiger partial charge is 0.253 e. The quantitative estimate of drug-likeness (QED) is 0.840. The van der Waals surface area contributed by atoms with Crippen molar-refractivity contribution in [3.8, 4) is 0 Å². The molecule has 1 rings (SSSR count). The van der Waals surface area contributed by atoms with Crippen LogP contribution in [0.3, 0.4) is 0 Å². The van der Waals surface area contributed by atoms with Crippen LogP contribution in [0.15, 0.2) is 17.0 Å². The summed E-state index contributed by atoms with van der Waals surface area (Å²) in [6.45, 7) is 1.90. The summed E-state index contributed by atoms with van der Waals surface area (Å²) < 4.78 is 40.8. The highest BCUT2D eigenvalue weighted by Gasteiger charge is 2.20. The second kappa shape index (κ2) is 6.49. The van der Waals surface area contributed by atoms with E-state index in [2.05, 4.69) is 5.32 Å². The minimum absolute atomic E-state index is 0.237. The molecule has 0 aliphatic heterocycles. The molecule has 0 saturated carbocycles. The molecule has 3 N–H and O–H groups in total.